The quantitative estimate of drug-likeness (QED) is 0.156. The molecule has 2 saturated carbocycles. The Hall–Kier alpha value is -2.41. The molecule has 4 aliphatic rings. The second kappa shape index (κ2) is 9.80. The minimum Gasteiger partial charge on any atom is 1.00 e. The molecule has 4 bridgehead atoms. The van der Waals surface area contributed by atoms with E-state index in [0.29, 0.717) is 11.8 Å². The van der Waals surface area contributed by atoms with Crippen molar-refractivity contribution >= 4 is 7.81 Å². The SMILES string of the molecule is CC#N.CC1(C)[C@@H]2CC[C@@]1(C)c1nn(C(c3ccccn3)n3cc4c(n3)[C@]3(C)CC[C@H]4C3(C)C)cc12.F[P-](F)(F)(F)(F)F.[Cu+]. The van der Waals surface area contributed by atoms with Gasteiger partial charge in [-0.3, -0.25) is 4.98 Å². The van der Waals surface area contributed by atoms with Gasteiger partial charge >= 0.3 is 50.1 Å². The summed E-state index contributed by atoms with van der Waals surface area (Å²) in [5.74, 6) is 1.18. The van der Waals surface area contributed by atoms with Gasteiger partial charge in [0.2, 0.25) is 0 Å². The fraction of sp³-hybridized carbons (Fsp3) is 0.600. The summed E-state index contributed by atoms with van der Waals surface area (Å²) in [7, 11) is -10.7. The number of halogens is 6. The molecule has 0 saturated heterocycles. The maximum atomic E-state index is 9.87. The van der Waals surface area contributed by atoms with E-state index in [2.05, 4.69) is 75.4 Å². The standard InChI is InChI=1S/C28H35N5.C2H3N.Cu.F6P/c1-25(2)19-10-12-27(25,5)22-17(19)15-32(30-22)24(21-9-7-8-14-29-21)33-16-18-20-11-13-28(6,23(18)31-33)26(20,3)4;1-2-3;;1-7(2,3,4,5)6/h7-9,14-16,19-20,24H,10-13H2,1-6H3;1H3;;/q;;+1;-1/t19-,20-,27+,28+;;;/m1.../s1. The van der Waals surface area contributed by atoms with Crippen molar-refractivity contribution in [1.82, 2.24) is 24.5 Å². The van der Waals surface area contributed by atoms with Crippen LogP contribution in [-0.2, 0) is 27.9 Å². The third kappa shape index (κ3) is 5.49. The molecular weight excluding hydrogens is 653 g/mol. The molecule has 0 N–H and O–H groups in total. The normalized spacial score (nSPS) is 29.6. The Balaban J connectivity index is 0.000000353. The number of hydrogen-bond donors (Lipinski definition) is 0. The fourth-order valence-corrected chi connectivity index (χ4v) is 8.29. The zero-order chi connectivity index (χ0) is 32.1. The molecule has 0 unspecified atom stereocenters. The third-order valence-electron chi connectivity index (χ3n) is 11.2. The Bertz CT molecular complexity index is 1520. The Morgan fingerprint density at radius 3 is 1.52 bits per heavy atom. The van der Waals surface area contributed by atoms with Gasteiger partial charge in [-0.05, 0) is 71.6 Å². The Labute approximate surface area is 264 Å². The number of hydrogen-bond acceptors (Lipinski definition) is 4. The van der Waals surface area contributed by atoms with E-state index in [0.717, 1.165) is 5.69 Å². The summed E-state index contributed by atoms with van der Waals surface area (Å²) >= 11 is 0. The van der Waals surface area contributed by atoms with Gasteiger partial charge in [0.25, 0.3) is 0 Å². The average molecular weight is 691 g/mol. The van der Waals surface area contributed by atoms with E-state index in [9.17, 15) is 25.2 Å². The van der Waals surface area contributed by atoms with Gasteiger partial charge in [0.15, 0.2) is 6.17 Å². The molecular formula is C30H38CuF6N6P. The predicted molar refractivity (Wildman–Crippen MR) is 153 cm³/mol. The van der Waals surface area contributed by atoms with Crippen LogP contribution in [0.4, 0.5) is 25.2 Å². The van der Waals surface area contributed by atoms with Crippen LogP contribution in [0.5, 0.6) is 0 Å². The van der Waals surface area contributed by atoms with Crippen LogP contribution in [0, 0.1) is 22.2 Å². The zero-order valence-electron chi connectivity index (χ0n) is 25.7. The van der Waals surface area contributed by atoms with Crippen molar-refractivity contribution < 1.29 is 42.3 Å². The van der Waals surface area contributed by atoms with Gasteiger partial charge in [0.1, 0.15) is 0 Å². The van der Waals surface area contributed by atoms with E-state index in [4.69, 9.17) is 20.4 Å². The molecule has 7 rings (SSSR count). The number of pyridine rings is 1. The Morgan fingerprint density at radius 1 is 0.818 bits per heavy atom. The van der Waals surface area contributed by atoms with Gasteiger partial charge in [-0.15, -0.1) is 0 Å². The predicted octanol–water partition coefficient (Wildman–Crippen LogP) is 9.83. The fourth-order valence-electron chi connectivity index (χ4n) is 8.29. The molecule has 0 aromatic carbocycles. The van der Waals surface area contributed by atoms with Crippen molar-refractivity contribution in [2.75, 3.05) is 0 Å². The molecule has 0 amide bonds. The molecule has 3 heterocycles. The molecule has 0 aliphatic heterocycles. The minimum atomic E-state index is -10.7. The summed E-state index contributed by atoms with van der Waals surface area (Å²) in [5, 5.41) is 17.9. The summed E-state index contributed by atoms with van der Waals surface area (Å²) in [6.45, 7) is 16.0. The van der Waals surface area contributed by atoms with Crippen molar-refractivity contribution in [2.45, 2.75) is 103 Å². The third-order valence-corrected chi connectivity index (χ3v) is 11.2. The largest absolute Gasteiger partial charge is 1.00 e. The van der Waals surface area contributed by atoms with E-state index >= 15 is 0 Å². The minimum absolute atomic E-state index is 0. The van der Waals surface area contributed by atoms with E-state index in [-0.39, 0.29) is 44.9 Å². The van der Waals surface area contributed by atoms with Crippen LogP contribution in [0.2, 0.25) is 0 Å². The summed E-state index contributed by atoms with van der Waals surface area (Å²) < 4.78 is 63.5. The molecule has 2 fully saturated rings. The first kappa shape index (κ1) is 34.5. The van der Waals surface area contributed by atoms with E-state index in [1.165, 1.54) is 55.1 Å². The van der Waals surface area contributed by atoms with Gasteiger partial charge in [0, 0.05) is 36.3 Å². The van der Waals surface area contributed by atoms with Gasteiger partial charge in [0.05, 0.1) is 23.2 Å². The molecule has 14 heteroatoms. The number of nitriles is 1. The summed E-state index contributed by atoms with van der Waals surface area (Å²) in [6.07, 6.45) is 11.4. The summed E-state index contributed by atoms with van der Waals surface area (Å²) in [4.78, 5) is 4.77. The molecule has 0 spiro atoms. The second-order valence-corrected chi connectivity index (χ2v) is 15.8. The van der Waals surface area contributed by atoms with Crippen LogP contribution in [0.1, 0.15) is 120 Å². The first-order valence-electron chi connectivity index (χ1n) is 14.4. The number of rotatable bonds is 3. The van der Waals surface area contributed by atoms with Gasteiger partial charge in [-0.1, -0.05) is 47.6 Å². The van der Waals surface area contributed by atoms with Gasteiger partial charge in [-0.2, -0.15) is 15.5 Å². The van der Waals surface area contributed by atoms with Crippen LogP contribution in [0.3, 0.4) is 0 Å². The van der Waals surface area contributed by atoms with Gasteiger partial charge < -0.3 is 0 Å². The van der Waals surface area contributed by atoms with Crippen LogP contribution in [-0.4, -0.2) is 24.5 Å². The molecule has 6 nitrogen and oxygen atoms in total. The smallest absolute Gasteiger partial charge is 1.00 e. The number of aromatic nitrogens is 5. The number of fused-ring (bicyclic) bond motifs is 10. The first-order valence-corrected chi connectivity index (χ1v) is 16.5. The maximum absolute atomic E-state index is 10.7. The molecule has 4 atom stereocenters. The summed E-state index contributed by atoms with van der Waals surface area (Å²) in [6, 6.07) is 7.93. The van der Waals surface area contributed by atoms with Crippen molar-refractivity contribution in [3.05, 3.63) is 65.0 Å². The summed E-state index contributed by atoms with van der Waals surface area (Å²) in [5.41, 5.74) is 7.34. The van der Waals surface area contributed by atoms with Gasteiger partial charge in [-0.25, -0.2) is 9.36 Å². The topological polar surface area (TPSA) is 72.3 Å². The van der Waals surface area contributed by atoms with Crippen molar-refractivity contribution in [1.29, 1.82) is 5.26 Å². The first-order chi connectivity index (χ1) is 19.5. The Morgan fingerprint density at radius 2 is 1.20 bits per heavy atom. The van der Waals surface area contributed by atoms with E-state index in [1.54, 1.807) is 6.07 Å². The van der Waals surface area contributed by atoms with Crippen LogP contribution < -0.4 is 0 Å². The molecule has 3 aromatic heterocycles. The molecule has 3 aromatic rings. The molecule has 44 heavy (non-hydrogen) atoms. The van der Waals surface area contributed by atoms with Crippen LogP contribution in [0.15, 0.2) is 36.8 Å². The van der Waals surface area contributed by atoms with Crippen LogP contribution in [0.25, 0.3) is 0 Å². The Kier molecular flexibility index (Phi) is 7.67. The molecule has 4 aliphatic carbocycles. The second-order valence-electron chi connectivity index (χ2n) is 13.9. The van der Waals surface area contributed by atoms with Crippen molar-refractivity contribution in [3.8, 4) is 6.07 Å². The zero-order valence-corrected chi connectivity index (χ0v) is 27.6. The monoisotopic (exact) mass is 690 g/mol. The van der Waals surface area contributed by atoms with Crippen LogP contribution >= 0.6 is 7.81 Å². The van der Waals surface area contributed by atoms with E-state index < -0.39 is 7.81 Å². The van der Waals surface area contributed by atoms with Crippen molar-refractivity contribution in [3.63, 3.8) is 0 Å². The van der Waals surface area contributed by atoms with Crippen molar-refractivity contribution in [2.24, 2.45) is 10.8 Å². The average Bonchev–Trinajstić information content (AvgIpc) is 3.63. The molecule has 246 valence electrons. The van der Waals surface area contributed by atoms with E-state index in [1.807, 2.05) is 12.3 Å². The molecule has 0 radical (unpaired) electrons. The maximum Gasteiger partial charge on any atom is 1.00 e. The number of nitrogens with zero attached hydrogens (tertiary/aromatic N) is 6.